The molecule has 124 valence electrons. The van der Waals surface area contributed by atoms with Gasteiger partial charge >= 0.3 is 6.18 Å². The summed E-state index contributed by atoms with van der Waals surface area (Å²) in [6, 6.07) is 4.95. The molecule has 1 rings (SSSR count). The van der Waals surface area contributed by atoms with Gasteiger partial charge in [0.05, 0.1) is 17.9 Å². The predicted octanol–water partition coefficient (Wildman–Crippen LogP) is 2.15. The number of methoxy groups -OCH3 is 1. The van der Waals surface area contributed by atoms with E-state index < -0.39 is 11.7 Å². The fourth-order valence-corrected chi connectivity index (χ4v) is 2.34. The molecule has 1 amide bonds. The Morgan fingerprint density at radius 3 is 2.73 bits per heavy atom. The third-order valence-corrected chi connectivity index (χ3v) is 3.63. The zero-order chi connectivity index (χ0) is 16.4. The van der Waals surface area contributed by atoms with Crippen LogP contribution in [-0.4, -0.2) is 45.0 Å². The van der Waals surface area contributed by atoms with Crippen LogP contribution in [0.15, 0.2) is 29.2 Å². The largest absolute Gasteiger partial charge is 0.416 e. The van der Waals surface area contributed by atoms with Crippen LogP contribution >= 0.6 is 11.8 Å². The third kappa shape index (κ3) is 7.67. The number of halogens is 3. The summed E-state index contributed by atoms with van der Waals surface area (Å²) in [5.74, 6) is -0.129. The van der Waals surface area contributed by atoms with Crippen LogP contribution in [0.1, 0.15) is 5.56 Å². The average molecular weight is 336 g/mol. The van der Waals surface area contributed by atoms with Gasteiger partial charge in [-0.05, 0) is 18.2 Å². The summed E-state index contributed by atoms with van der Waals surface area (Å²) in [5, 5.41) is 5.76. The summed E-state index contributed by atoms with van der Waals surface area (Å²) in [7, 11) is 1.61. The lowest BCUT2D eigenvalue weighted by Crippen LogP contribution is -2.33. The summed E-state index contributed by atoms with van der Waals surface area (Å²) >= 11 is 1.08. The number of carbonyl (C=O) groups is 1. The highest BCUT2D eigenvalue weighted by atomic mass is 32.2. The summed E-state index contributed by atoms with van der Waals surface area (Å²) in [6.45, 7) is 2.37. The highest BCUT2D eigenvalue weighted by molar-refractivity contribution is 8.00. The first-order chi connectivity index (χ1) is 10.4. The van der Waals surface area contributed by atoms with Crippen LogP contribution in [0.4, 0.5) is 13.2 Å². The quantitative estimate of drug-likeness (QED) is 0.536. The number of nitrogens with one attached hydrogen (secondary N) is 2. The maximum atomic E-state index is 12.6. The molecule has 0 aliphatic carbocycles. The molecule has 4 nitrogen and oxygen atoms in total. The first kappa shape index (κ1) is 18.8. The normalized spacial score (nSPS) is 11.5. The van der Waals surface area contributed by atoms with Crippen molar-refractivity contribution >= 4 is 17.7 Å². The molecule has 1 aromatic rings. The lowest BCUT2D eigenvalue weighted by molar-refractivity contribution is -0.137. The maximum Gasteiger partial charge on any atom is 0.416 e. The predicted molar refractivity (Wildman–Crippen MR) is 79.9 cm³/mol. The van der Waals surface area contributed by atoms with Gasteiger partial charge in [0.15, 0.2) is 0 Å². The monoisotopic (exact) mass is 336 g/mol. The molecule has 0 fully saturated rings. The van der Waals surface area contributed by atoms with Crippen LogP contribution in [0.3, 0.4) is 0 Å². The van der Waals surface area contributed by atoms with Crippen LogP contribution in [0.5, 0.6) is 0 Å². The molecule has 0 saturated heterocycles. The molecule has 0 spiro atoms. The van der Waals surface area contributed by atoms with Gasteiger partial charge in [0, 0.05) is 31.6 Å². The second kappa shape index (κ2) is 9.70. The SMILES string of the molecule is COCCNCCNC(=O)CSc1cccc(C(F)(F)F)c1. The highest BCUT2D eigenvalue weighted by Crippen LogP contribution is 2.31. The molecule has 0 atom stereocenters. The Hall–Kier alpha value is -1.25. The fraction of sp³-hybridized carbons (Fsp3) is 0.500. The number of alkyl halides is 3. The van der Waals surface area contributed by atoms with Gasteiger partial charge in [0.25, 0.3) is 0 Å². The second-order valence-electron chi connectivity index (χ2n) is 4.41. The number of benzene rings is 1. The molecule has 0 bridgehead atoms. The van der Waals surface area contributed by atoms with E-state index in [1.807, 2.05) is 0 Å². The molecule has 0 aliphatic rings. The van der Waals surface area contributed by atoms with Gasteiger partial charge in [-0.15, -0.1) is 11.8 Å². The van der Waals surface area contributed by atoms with E-state index in [0.29, 0.717) is 31.1 Å². The number of amides is 1. The third-order valence-electron chi connectivity index (χ3n) is 2.64. The van der Waals surface area contributed by atoms with Crippen molar-refractivity contribution in [1.82, 2.24) is 10.6 Å². The van der Waals surface area contributed by atoms with Crippen LogP contribution in [-0.2, 0) is 15.7 Å². The smallest absolute Gasteiger partial charge is 0.383 e. The van der Waals surface area contributed by atoms with E-state index in [1.54, 1.807) is 13.2 Å². The zero-order valence-corrected chi connectivity index (χ0v) is 13.0. The lowest BCUT2D eigenvalue weighted by atomic mass is 10.2. The minimum absolute atomic E-state index is 0.0827. The molecule has 22 heavy (non-hydrogen) atoms. The summed E-state index contributed by atoms with van der Waals surface area (Å²) in [4.78, 5) is 12.0. The van der Waals surface area contributed by atoms with Crippen LogP contribution in [0, 0.1) is 0 Å². The molecule has 0 heterocycles. The van der Waals surface area contributed by atoms with E-state index in [0.717, 1.165) is 23.9 Å². The fourth-order valence-electron chi connectivity index (χ4n) is 1.55. The average Bonchev–Trinajstić information content (AvgIpc) is 2.48. The maximum absolute atomic E-state index is 12.6. The standard InChI is InChI=1S/C14H19F3N2O2S/c1-21-8-7-18-5-6-19-13(20)10-22-12-4-2-3-11(9-12)14(15,16)17/h2-4,9,18H,5-8,10H2,1H3,(H,19,20). The topological polar surface area (TPSA) is 50.4 Å². The van der Waals surface area contributed by atoms with Gasteiger partial charge < -0.3 is 15.4 Å². The van der Waals surface area contributed by atoms with E-state index in [9.17, 15) is 18.0 Å². The van der Waals surface area contributed by atoms with Crippen molar-refractivity contribution in [3.8, 4) is 0 Å². The first-order valence-electron chi connectivity index (χ1n) is 6.70. The van der Waals surface area contributed by atoms with Gasteiger partial charge in [-0.2, -0.15) is 13.2 Å². The summed E-state index contributed by atoms with van der Waals surface area (Å²) in [6.07, 6.45) is -4.37. The van der Waals surface area contributed by atoms with Crippen molar-refractivity contribution in [3.05, 3.63) is 29.8 Å². The lowest BCUT2D eigenvalue weighted by Gasteiger charge is -2.09. The minimum atomic E-state index is -4.37. The van der Waals surface area contributed by atoms with Crippen molar-refractivity contribution in [3.63, 3.8) is 0 Å². The Kier molecular flexibility index (Phi) is 8.29. The van der Waals surface area contributed by atoms with Crippen LogP contribution < -0.4 is 10.6 Å². The van der Waals surface area contributed by atoms with E-state index in [2.05, 4.69) is 10.6 Å². The Morgan fingerprint density at radius 1 is 1.27 bits per heavy atom. The molecular weight excluding hydrogens is 317 g/mol. The minimum Gasteiger partial charge on any atom is -0.383 e. The first-order valence-corrected chi connectivity index (χ1v) is 7.68. The van der Waals surface area contributed by atoms with Crippen molar-refractivity contribution < 1.29 is 22.7 Å². The second-order valence-corrected chi connectivity index (χ2v) is 5.46. The number of thioether (sulfide) groups is 1. The molecule has 0 unspecified atom stereocenters. The molecule has 0 aromatic heterocycles. The number of rotatable bonds is 9. The van der Waals surface area contributed by atoms with Crippen molar-refractivity contribution in [2.75, 3.05) is 39.1 Å². The van der Waals surface area contributed by atoms with E-state index in [4.69, 9.17) is 4.74 Å². The molecule has 2 N–H and O–H groups in total. The molecule has 0 saturated carbocycles. The Bertz CT molecular complexity index is 470. The van der Waals surface area contributed by atoms with Crippen molar-refractivity contribution in [1.29, 1.82) is 0 Å². The van der Waals surface area contributed by atoms with Crippen LogP contribution in [0.25, 0.3) is 0 Å². The number of hydrogen-bond acceptors (Lipinski definition) is 4. The van der Waals surface area contributed by atoms with E-state index in [-0.39, 0.29) is 11.7 Å². The zero-order valence-electron chi connectivity index (χ0n) is 12.2. The van der Waals surface area contributed by atoms with Gasteiger partial charge in [0.2, 0.25) is 5.91 Å². The van der Waals surface area contributed by atoms with Gasteiger partial charge in [-0.3, -0.25) is 4.79 Å². The molecule has 1 aromatic carbocycles. The Balaban J connectivity index is 2.27. The molecule has 0 aliphatic heterocycles. The Morgan fingerprint density at radius 2 is 2.05 bits per heavy atom. The molecule has 0 radical (unpaired) electrons. The molecule has 8 heteroatoms. The van der Waals surface area contributed by atoms with Crippen molar-refractivity contribution in [2.24, 2.45) is 0 Å². The van der Waals surface area contributed by atoms with Crippen molar-refractivity contribution in [2.45, 2.75) is 11.1 Å². The van der Waals surface area contributed by atoms with E-state index in [1.165, 1.54) is 6.07 Å². The highest BCUT2D eigenvalue weighted by Gasteiger charge is 2.30. The van der Waals surface area contributed by atoms with Gasteiger partial charge in [-0.25, -0.2) is 0 Å². The van der Waals surface area contributed by atoms with Crippen LogP contribution in [0.2, 0.25) is 0 Å². The van der Waals surface area contributed by atoms with Gasteiger partial charge in [-0.1, -0.05) is 6.07 Å². The number of ether oxygens (including phenoxy) is 1. The number of hydrogen-bond donors (Lipinski definition) is 2. The van der Waals surface area contributed by atoms with E-state index >= 15 is 0 Å². The molecular formula is C14H19F3N2O2S. The summed E-state index contributed by atoms with van der Waals surface area (Å²) in [5.41, 5.74) is -0.708. The number of carbonyl (C=O) groups excluding carboxylic acids is 1. The Labute approximate surface area is 131 Å². The van der Waals surface area contributed by atoms with Gasteiger partial charge in [0.1, 0.15) is 0 Å². The summed E-state index contributed by atoms with van der Waals surface area (Å²) < 4.78 is 42.5.